The molecule has 20 heavy (non-hydrogen) atoms. The highest BCUT2D eigenvalue weighted by Crippen LogP contribution is 2.24. The van der Waals surface area contributed by atoms with Gasteiger partial charge in [0.15, 0.2) is 0 Å². The van der Waals surface area contributed by atoms with Gasteiger partial charge < -0.3 is 5.32 Å². The summed E-state index contributed by atoms with van der Waals surface area (Å²) >= 11 is 0. The number of rotatable bonds is 3. The monoisotopic (exact) mass is 266 g/mol. The Morgan fingerprint density at radius 1 is 1.05 bits per heavy atom. The van der Waals surface area contributed by atoms with Crippen LogP contribution in [0.4, 0.5) is 17.3 Å². The van der Waals surface area contributed by atoms with Gasteiger partial charge in [-0.25, -0.2) is 9.97 Å². The van der Waals surface area contributed by atoms with Gasteiger partial charge in [0.2, 0.25) is 5.82 Å². The van der Waals surface area contributed by atoms with Gasteiger partial charge >= 0.3 is 5.69 Å². The molecule has 0 bridgehead atoms. The molecule has 2 aromatic heterocycles. The first-order valence-electron chi connectivity index (χ1n) is 5.96. The standard InChI is InChI=1S/C14H10N4O2/c19-18(20)12-6-3-9-15-14(12)17-13-8-7-10-4-1-2-5-11(10)16-13/h1-9H,(H,15,16,17). The average Bonchev–Trinajstić information content (AvgIpc) is 2.47. The third-order valence-corrected chi connectivity index (χ3v) is 2.83. The summed E-state index contributed by atoms with van der Waals surface area (Å²) < 4.78 is 0. The van der Waals surface area contributed by atoms with Crippen molar-refractivity contribution in [3.8, 4) is 0 Å². The Bertz CT molecular complexity index is 789. The molecule has 6 heteroatoms. The molecule has 98 valence electrons. The summed E-state index contributed by atoms with van der Waals surface area (Å²) in [4.78, 5) is 18.8. The molecule has 0 amide bonds. The van der Waals surface area contributed by atoms with Crippen molar-refractivity contribution in [2.75, 3.05) is 5.32 Å². The van der Waals surface area contributed by atoms with E-state index in [9.17, 15) is 10.1 Å². The van der Waals surface area contributed by atoms with Gasteiger partial charge in [0, 0.05) is 17.6 Å². The van der Waals surface area contributed by atoms with Gasteiger partial charge in [-0.15, -0.1) is 0 Å². The molecule has 0 fully saturated rings. The van der Waals surface area contributed by atoms with Crippen LogP contribution in [0.25, 0.3) is 10.9 Å². The number of pyridine rings is 2. The molecule has 0 aliphatic rings. The number of aromatic nitrogens is 2. The quantitative estimate of drug-likeness (QED) is 0.581. The van der Waals surface area contributed by atoms with Gasteiger partial charge in [-0.05, 0) is 24.3 Å². The van der Waals surface area contributed by atoms with E-state index in [1.807, 2.05) is 30.3 Å². The molecule has 0 saturated heterocycles. The summed E-state index contributed by atoms with van der Waals surface area (Å²) in [6.45, 7) is 0. The highest BCUT2D eigenvalue weighted by atomic mass is 16.6. The predicted octanol–water partition coefficient (Wildman–Crippen LogP) is 3.28. The summed E-state index contributed by atoms with van der Waals surface area (Å²) in [5.41, 5.74) is 0.735. The second-order valence-corrected chi connectivity index (χ2v) is 4.14. The zero-order chi connectivity index (χ0) is 13.9. The van der Waals surface area contributed by atoms with Crippen molar-refractivity contribution >= 4 is 28.2 Å². The van der Waals surface area contributed by atoms with Gasteiger partial charge in [-0.3, -0.25) is 10.1 Å². The molecule has 0 saturated carbocycles. The molecule has 0 spiro atoms. The average molecular weight is 266 g/mol. The lowest BCUT2D eigenvalue weighted by Crippen LogP contribution is -2.00. The molecule has 3 aromatic rings. The van der Waals surface area contributed by atoms with Crippen LogP contribution in [0, 0.1) is 10.1 Å². The molecule has 1 N–H and O–H groups in total. The number of anilines is 2. The molecule has 0 radical (unpaired) electrons. The van der Waals surface area contributed by atoms with Crippen LogP contribution in [0.5, 0.6) is 0 Å². The summed E-state index contributed by atoms with van der Waals surface area (Å²) in [5, 5.41) is 14.8. The summed E-state index contributed by atoms with van der Waals surface area (Å²) in [6.07, 6.45) is 1.50. The molecule has 0 aliphatic heterocycles. The molecule has 1 aromatic carbocycles. The van der Waals surface area contributed by atoms with E-state index in [0.717, 1.165) is 10.9 Å². The topological polar surface area (TPSA) is 81.0 Å². The maximum atomic E-state index is 10.9. The van der Waals surface area contributed by atoms with Gasteiger partial charge in [0.1, 0.15) is 5.82 Å². The van der Waals surface area contributed by atoms with Crippen LogP contribution in [0.15, 0.2) is 54.7 Å². The fourth-order valence-electron chi connectivity index (χ4n) is 1.90. The van der Waals surface area contributed by atoms with E-state index < -0.39 is 4.92 Å². The number of nitrogens with zero attached hydrogens (tertiary/aromatic N) is 3. The van der Waals surface area contributed by atoms with Gasteiger partial charge in [-0.2, -0.15) is 0 Å². The highest BCUT2D eigenvalue weighted by Gasteiger charge is 2.14. The number of hydrogen-bond donors (Lipinski definition) is 1. The molecular formula is C14H10N4O2. The molecule has 0 aliphatic carbocycles. The number of nitrogens with one attached hydrogen (secondary N) is 1. The minimum absolute atomic E-state index is 0.0811. The lowest BCUT2D eigenvalue weighted by atomic mass is 10.2. The Morgan fingerprint density at radius 3 is 2.75 bits per heavy atom. The van der Waals surface area contributed by atoms with E-state index in [-0.39, 0.29) is 11.5 Å². The third-order valence-electron chi connectivity index (χ3n) is 2.83. The Hall–Kier alpha value is -3.02. The normalized spacial score (nSPS) is 10.4. The van der Waals surface area contributed by atoms with Crippen molar-refractivity contribution < 1.29 is 4.92 Å². The van der Waals surface area contributed by atoms with Crippen LogP contribution < -0.4 is 5.32 Å². The second kappa shape index (κ2) is 4.93. The number of benzene rings is 1. The fourth-order valence-corrected chi connectivity index (χ4v) is 1.90. The van der Waals surface area contributed by atoms with Crippen LogP contribution in [-0.2, 0) is 0 Å². The lowest BCUT2D eigenvalue weighted by Gasteiger charge is -2.06. The van der Waals surface area contributed by atoms with Crippen LogP contribution in [0.1, 0.15) is 0 Å². The van der Waals surface area contributed by atoms with Crippen molar-refractivity contribution in [2.45, 2.75) is 0 Å². The van der Waals surface area contributed by atoms with Crippen LogP contribution in [0.3, 0.4) is 0 Å². The van der Waals surface area contributed by atoms with Crippen molar-refractivity contribution in [3.05, 3.63) is 64.8 Å². The Kier molecular flexibility index (Phi) is 2.96. The first-order chi connectivity index (χ1) is 9.74. The second-order valence-electron chi connectivity index (χ2n) is 4.14. The van der Waals surface area contributed by atoms with Crippen LogP contribution in [-0.4, -0.2) is 14.9 Å². The van der Waals surface area contributed by atoms with Crippen LogP contribution in [0.2, 0.25) is 0 Å². The molecule has 3 rings (SSSR count). The Morgan fingerprint density at radius 2 is 1.90 bits per heavy atom. The zero-order valence-electron chi connectivity index (χ0n) is 10.4. The van der Waals surface area contributed by atoms with Gasteiger partial charge in [0.05, 0.1) is 10.4 Å². The van der Waals surface area contributed by atoms with E-state index in [4.69, 9.17) is 0 Å². The SMILES string of the molecule is O=[N+]([O-])c1cccnc1Nc1ccc2ccccc2n1. The summed E-state index contributed by atoms with van der Waals surface area (Å²) in [6, 6.07) is 14.2. The van der Waals surface area contributed by atoms with Gasteiger partial charge in [0.25, 0.3) is 0 Å². The summed E-state index contributed by atoms with van der Waals surface area (Å²) in [5.74, 6) is 0.700. The first kappa shape index (κ1) is 12.0. The first-order valence-corrected chi connectivity index (χ1v) is 5.96. The maximum absolute atomic E-state index is 10.9. The van der Waals surface area contributed by atoms with E-state index in [0.29, 0.717) is 5.82 Å². The molecule has 0 unspecified atom stereocenters. The Labute approximate surface area is 114 Å². The van der Waals surface area contributed by atoms with E-state index in [1.54, 1.807) is 6.07 Å². The third kappa shape index (κ3) is 2.26. The van der Waals surface area contributed by atoms with Crippen LogP contribution >= 0.6 is 0 Å². The smallest absolute Gasteiger partial charge is 0.311 e. The number of nitro groups is 1. The Balaban J connectivity index is 1.99. The lowest BCUT2D eigenvalue weighted by molar-refractivity contribution is -0.384. The molecular weight excluding hydrogens is 256 g/mol. The number of fused-ring (bicyclic) bond motifs is 1. The van der Waals surface area contributed by atoms with Crippen molar-refractivity contribution in [1.82, 2.24) is 9.97 Å². The number of para-hydroxylation sites is 1. The van der Waals surface area contributed by atoms with E-state index in [1.165, 1.54) is 18.3 Å². The minimum Gasteiger partial charge on any atom is -0.319 e. The summed E-state index contributed by atoms with van der Waals surface area (Å²) in [7, 11) is 0. The predicted molar refractivity (Wildman–Crippen MR) is 75.9 cm³/mol. The largest absolute Gasteiger partial charge is 0.319 e. The number of hydrogen-bond acceptors (Lipinski definition) is 5. The molecule has 6 nitrogen and oxygen atoms in total. The van der Waals surface area contributed by atoms with E-state index in [2.05, 4.69) is 15.3 Å². The van der Waals surface area contributed by atoms with E-state index >= 15 is 0 Å². The van der Waals surface area contributed by atoms with Crippen molar-refractivity contribution in [3.63, 3.8) is 0 Å². The fraction of sp³-hybridized carbons (Fsp3) is 0. The zero-order valence-corrected chi connectivity index (χ0v) is 10.4. The van der Waals surface area contributed by atoms with Crippen molar-refractivity contribution in [2.24, 2.45) is 0 Å². The minimum atomic E-state index is -0.476. The van der Waals surface area contributed by atoms with Crippen molar-refractivity contribution in [1.29, 1.82) is 0 Å². The van der Waals surface area contributed by atoms with Gasteiger partial charge in [-0.1, -0.05) is 18.2 Å². The molecule has 0 atom stereocenters. The maximum Gasteiger partial charge on any atom is 0.311 e. The molecule has 2 heterocycles. The highest BCUT2D eigenvalue weighted by molar-refractivity contribution is 5.80.